The lowest BCUT2D eigenvalue weighted by Crippen LogP contribution is -1.83. The SMILES string of the molecule is [2H]c1ccc2ccccc2c1OC. The van der Waals surface area contributed by atoms with Gasteiger partial charge in [0.1, 0.15) is 5.75 Å². The van der Waals surface area contributed by atoms with Crippen molar-refractivity contribution < 1.29 is 6.11 Å². The minimum atomic E-state index is 0.432. The van der Waals surface area contributed by atoms with Crippen LogP contribution in [0.2, 0.25) is 0 Å². The Kier molecular flexibility index (Phi) is 1.44. The highest BCUT2D eigenvalue weighted by Gasteiger charge is 1.96. The van der Waals surface area contributed by atoms with Gasteiger partial charge in [-0.1, -0.05) is 36.4 Å². The van der Waals surface area contributed by atoms with Crippen molar-refractivity contribution in [2.24, 2.45) is 0 Å². The van der Waals surface area contributed by atoms with Crippen molar-refractivity contribution in [2.45, 2.75) is 0 Å². The highest BCUT2D eigenvalue weighted by atomic mass is 16.5. The third-order valence-corrected chi connectivity index (χ3v) is 1.89. The molecule has 0 aromatic heterocycles. The average molecular weight is 159 g/mol. The third-order valence-electron chi connectivity index (χ3n) is 1.89. The lowest BCUT2D eigenvalue weighted by molar-refractivity contribution is 0.420. The van der Waals surface area contributed by atoms with Gasteiger partial charge in [0.2, 0.25) is 0 Å². The maximum absolute atomic E-state index is 7.63. The van der Waals surface area contributed by atoms with Crippen molar-refractivity contribution in [1.82, 2.24) is 0 Å². The molecule has 1 heteroatoms. The smallest absolute Gasteiger partial charge is 0.126 e. The number of hydrogen-bond donors (Lipinski definition) is 0. The highest BCUT2D eigenvalue weighted by molar-refractivity contribution is 5.88. The maximum Gasteiger partial charge on any atom is 0.126 e. The lowest BCUT2D eigenvalue weighted by Gasteiger charge is -2.03. The molecule has 2 aromatic rings. The first kappa shape index (κ1) is 6.06. The van der Waals surface area contributed by atoms with E-state index in [1.165, 1.54) is 0 Å². The van der Waals surface area contributed by atoms with E-state index in [-0.39, 0.29) is 0 Å². The first-order valence-corrected chi connectivity index (χ1v) is 3.85. The number of hydrogen-bond acceptors (Lipinski definition) is 1. The minimum Gasteiger partial charge on any atom is -0.496 e. The van der Waals surface area contributed by atoms with Crippen LogP contribution in [0.1, 0.15) is 1.37 Å². The predicted molar refractivity (Wildman–Crippen MR) is 50.5 cm³/mol. The number of fused-ring (bicyclic) bond motifs is 1. The number of rotatable bonds is 1. The first-order valence-electron chi connectivity index (χ1n) is 4.35. The Morgan fingerprint density at radius 2 is 1.92 bits per heavy atom. The zero-order chi connectivity index (χ0) is 9.26. The summed E-state index contributed by atoms with van der Waals surface area (Å²) in [4.78, 5) is 0. The van der Waals surface area contributed by atoms with E-state index in [1.807, 2.05) is 30.3 Å². The molecule has 2 aromatic carbocycles. The summed E-state index contributed by atoms with van der Waals surface area (Å²) in [5, 5.41) is 2.10. The molecule has 2 rings (SSSR count). The molecule has 1 nitrogen and oxygen atoms in total. The molecular formula is C11H10O. The number of methoxy groups -OCH3 is 1. The van der Waals surface area contributed by atoms with Crippen LogP contribution < -0.4 is 4.74 Å². The van der Waals surface area contributed by atoms with Crippen molar-refractivity contribution in [1.29, 1.82) is 0 Å². The average Bonchev–Trinajstić information content (AvgIpc) is 2.18. The molecule has 60 valence electrons. The summed E-state index contributed by atoms with van der Waals surface area (Å²) < 4.78 is 12.8. The second-order valence-corrected chi connectivity index (χ2v) is 2.60. The van der Waals surface area contributed by atoms with Crippen molar-refractivity contribution in [3.8, 4) is 5.75 Å². The van der Waals surface area contributed by atoms with Crippen LogP contribution in [0, 0.1) is 0 Å². The van der Waals surface area contributed by atoms with Crippen LogP contribution in [-0.4, -0.2) is 7.11 Å². The quantitative estimate of drug-likeness (QED) is 0.621. The Hall–Kier alpha value is -1.50. The van der Waals surface area contributed by atoms with E-state index in [1.54, 1.807) is 13.2 Å². The molecule has 0 aliphatic rings. The molecule has 0 aliphatic carbocycles. The fourth-order valence-electron chi connectivity index (χ4n) is 1.30. The zero-order valence-electron chi connectivity index (χ0n) is 7.87. The van der Waals surface area contributed by atoms with E-state index in [0.29, 0.717) is 11.8 Å². The van der Waals surface area contributed by atoms with Gasteiger partial charge >= 0.3 is 0 Å². The van der Waals surface area contributed by atoms with Crippen molar-refractivity contribution >= 4 is 10.8 Å². The Morgan fingerprint density at radius 3 is 2.75 bits per heavy atom. The zero-order valence-corrected chi connectivity index (χ0v) is 6.87. The van der Waals surface area contributed by atoms with Gasteiger partial charge in [0.05, 0.1) is 8.48 Å². The molecule has 0 unspecified atom stereocenters. The molecule has 0 heterocycles. The summed E-state index contributed by atoms with van der Waals surface area (Å²) in [6.07, 6.45) is 0. The summed E-state index contributed by atoms with van der Waals surface area (Å²) in [5.74, 6) is 0.651. The third kappa shape index (κ3) is 1.03. The van der Waals surface area contributed by atoms with Gasteiger partial charge in [-0.15, -0.1) is 0 Å². The van der Waals surface area contributed by atoms with E-state index in [2.05, 4.69) is 0 Å². The molecule has 0 amide bonds. The van der Waals surface area contributed by atoms with Crippen LogP contribution in [-0.2, 0) is 0 Å². The monoisotopic (exact) mass is 159 g/mol. The molecule has 0 saturated carbocycles. The largest absolute Gasteiger partial charge is 0.496 e. The topological polar surface area (TPSA) is 9.23 Å². The fraction of sp³-hybridized carbons (Fsp3) is 0.0909. The van der Waals surface area contributed by atoms with Crippen molar-refractivity contribution in [3.63, 3.8) is 0 Å². The molecule has 0 bridgehead atoms. The van der Waals surface area contributed by atoms with Gasteiger partial charge < -0.3 is 4.74 Å². The van der Waals surface area contributed by atoms with Gasteiger partial charge in [-0.25, -0.2) is 0 Å². The normalized spacial score (nSPS) is 11.2. The fourth-order valence-corrected chi connectivity index (χ4v) is 1.30. The van der Waals surface area contributed by atoms with Gasteiger partial charge in [-0.2, -0.15) is 0 Å². The van der Waals surface area contributed by atoms with Crippen LogP contribution in [0.5, 0.6) is 5.75 Å². The summed E-state index contributed by atoms with van der Waals surface area (Å²) in [7, 11) is 1.60. The van der Waals surface area contributed by atoms with Crippen LogP contribution in [0.4, 0.5) is 0 Å². The minimum absolute atomic E-state index is 0.432. The molecule has 0 fully saturated rings. The molecule has 0 radical (unpaired) electrons. The number of ether oxygens (including phenoxy) is 1. The van der Waals surface area contributed by atoms with Gasteiger partial charge in [0.25, 0.3) is 0 Å². The summed E-state index contributed by atoms with van der Waals surface area (Å²) in [5.41, 5.74) is 0. The Morgan fingerprint density at radius 1 is 1.17 bits per heavy atom. The molecule has 0 aliphatic heterocycles. The maximum atomic E-state index is 7.63. The van der Waals surface area contributed by atoms with E-state index in [0.717, 1.165) is 10.8 Å². The molecule has 0 saturated heterocycles. The van der Waals surface area contributed by atoms with Gasteiger partial charge in [0.15, 0.2) is 0 Å². The predicted octanol–water partition coefficient (Wildman–Crippen LogP) is 2.85. The van der Waals surface area contributed by atoms with E-state index in [4.69, 9.17) is 6.11 Å². The molecule has 0 N–H and O–H groups in total. The van der Waals surface area contributed by atoms with Gasteiger partial charge in [-0.05, 0) is 11.4 Å². The Bertz CT molecular complexity index is 437. The molecular weight excluding hydrogens is 148 g/mol. The summed E-state index contributed by atoms with van der Waals surface area (Å²) >= 11 is 0. The lowest BCUT2D eigenvalue weighted by atomic mass is 10.1. The van der Waals surface area contributed by atoms with E-state index in [9.17, 15) is 0 Å². The van der Waals surface area contributed by atoms with Crippen molar-refractivity contribution in [3.05, 3.63) is 42.4 Å². The summed E-state index contributed by atoms with van der Waals surface area (Å²) in [6, 6.07) is 12.0. The second-order valence-electron chi connectivity index (χ2n) is 2.60. The molecule has 0 spiro atoms. The van der Waals surface area contributed by atoms with Crippen LogP contribution in [0.25, 0.3) is 10.8 Å². The van der Waals surface area contributed by atoms with Gasteiger partial charge in [0, 0.05) is 5.39 Å². The molecule has 12 heavy (non-hydrogen) atoms. The van der Waals surface area contributed by atoms with Gasteiger partial charge in [-0.3, -0.25) is 0 Å². The highest BCUT2D eigenvalue weighted by Crippen LogP contribution is 2.24. The second kappa shape index (κ2) is 2.86. The van der Waals surface area contributed by atoms with E-state index >= 15 is 0 Å². The van der Waals surface area contributed by atoms with Crippen LogP contribution >= 0.6 is 0 Å². The first-order chi connectivity index (χ1) is 6.33. The molecule has 0 atom stereocenters. The Balaban J connectivity index is 2.84. The van der Waals surface area contributed by atoms with Crippen LogP contribution in [0.15, 0.2) is 42.4 Å². The Labute approximate surface area is 73.0 Å². The van der Waals surface area contributed by atoms with Crippen LogP contribution in [0.3, 0.4) is 0 Å². The number of benzene rings is 2. The summed E-state index contributed by atoms with van der Waals surface area (Å²) in [6.45, 7) is 0. The standard InChI is InChI=1S/C11H10O/c1-12-11-8-4-6-9-5-2-3-7-10(9)11/h2-8H,1H3/i8D. The van der Waals surface area contributed by atoms with E-state index < -0.39 is 0 Å². The van der Waals surface area contributed by atoms with Crippen molar-refractivity contribution in [2.75, 3.05) is 7.11 Å².